The lowest BCUT2D eigenvalue weighted by Crippen LogP contribution is -2.31. The van der Waals surface area contributed by atoms with Crippen LogP contribution in [0.2, 0.25) is 0 Å². The number of para-hydroxylation sites is 1. The molecule has 0 bridgehead atoms. The molecule has 1 aliphatic heterocycles. The number of hydrogen-bond donors (Lipinski definition) is 0. The maximum atomic E-state index is 2.55. The summed E-state index contributed by atoms with van der Waals surface area (Å²) in [4.78, 5) is 5.20. The summed E-state index contributed by atoms with van der Waals surface area (Å²) in [5, 5.41) is 2.58. The first-order valence-corrected chi connectivity index (χ1v) is 22.8. The van der Waals surface area contributed by atoms with Gasteiger partial charge in [-0.05, 0) is 116 Å². The molecule has 2 heterocycles. The smallest absolute Gasteiger partial charge is 0.0735 e. The summed E-state index contributed by atoms with van der Waals surface area (Å²) in [5.74, 6) is 0. The van der Waals surface area contributed by atoms with Crippen LogP contribution in [0.3, 0.4) is 0 Å². The third-order valence-electron chi connectivity index (χ3n) is 13.7. The van der Waals surface area contributed by atoms with Crippen LogP contribution in [0.4, 0.5) is 17.1 Å². The van der Waals surface area contributed by atoms with Gasteiger partial charge in [0.05, 0.1) is 16.8 Å². The topological polar surface area (TPSA) is 3.24 Å². The molecule has 13 rings (SSSR count). The molecule has 0 N–H and O–H groups in total. The number of thiophene rings is 1. The first-order chi connectivity index (χ1) is 30.0. The van der Waals surface area contributed by atoms with Crippen molar-refractivity contribution in [1.29, 1.82) is 0 Å². The number of benzene rings is 9. The number of nitrogens with zero attached hydrogens (tertiary/aromatic N) is 1. The van der Waals surface area contributed by atoms with Gasteiger partial charge in [-0.1, -0.05) is 171 Å². The van der Waals surface area contributed by atoms with E-state index < -0.39 is 5.41 Å². The lowest BCUT2D eigenvalue weighted by molar-refractivity contribution is 0.660. The van der Waals surface area contributed by atoms with E-state index in [9.17, 15) is 0 Å². The molecular weight excluding hydrogens is 775 g/mol. The van der Waals surface area contributed by atoms with Crippen LogP contribution >= 0.6 is 23.1 Å². The van der Waals surface area contributed by atoms with Crippen molar-refractivity contribution in [2.45, 2.75) is 34.5 Å². The Morgan fingerprint density at radius 3 is 1.72 bits per heavy atom. The van der Waals surface area contributed by atoms with Crippen LogP contribution in [-0.2, 0) is 10.8 Å². The maximum absolute atomic E-state index is 2.55. The van der Waals surface area contributed by atoms with E-state index >= 15 is 0 Å². The highest BCUT2D eigenvalue weighted by atomic mass is 32.2. The van der Waals surface area contributed by atoms with E-state index in [1.165, 1.54) is 102 Å². The van der Waals surface area contributed by atoms with Gasteiger partial charge in [0, 0.05) is 46.6 Å². The van der Waals surface area contributed by atoms with Crippen LogP contribution in [-0.4, -0.2) is 0 Å². The molecule has 0 saturated carbocycles. The monoisotopic (exact) mass is 813 g/mol. The minimum Gasteiger partial charge on any atom is -0.309 e. The van der Waals surface area contributed by atoms with Crippen LogP contribution in [0.1, 0.15) is 47.2 Å². The van der Waals surface area contributed by atoms with Gasteiger partial charge in [0.15, 0.2) is 0 Å². The second-order valence-corrected chi connectivity index (χ2v) is 19.3. The lowest BCUT2D eigenvalue weighted by Gasteiger charge is -2.39. The molecule has 0 fully saturated rings. The molecule has 0 saturated heterocycles. The van der Waals surface area contributed by atoms with E-state index in [0.717, 1.165) is 11.4 Å². The normalized spacial score (nSPS) is 14.6. The van der Waals surface area contributed by atoms with Crippen LogP contribution in [0.5, 0.6) is 0 Å². The van der Waals surface area contributed by atoms with Crippen molar-refractivity contribution in [2.75, 3.05) is 4.90 Å². The zero-order chi connectivity index (χ0) is 40.5. The van der Waals surface area contributed by atoms with Gasteiger partial charge in [-0.3, -0.25) is 0 Å². The van der Waals surface area contributed by atoms with E-state index in [4.69, 9.17) is 0 Å². The first kappa shape index (κ1) is 35.1. The summed E-state index contributed by atoms with van der Waals surface area (Å²) in [5.41, 5.74) is 18.9. The molecule has 0 atom stereocenters. The number of fused-ring (bicyclic) bond motifs is 15. The van der Waals surface area contributed by atoms with E-state index in [1.54, 1.807) is 0 Å². The Balaban J connectivity index is 1.10. The zero-order valence-corrected chi connectivity index (χ0v) is 35.4. The quantitative estimate of drug-likeness (QED) is 0.174. The highest BCUT2D eigenvalue weighted by molar-refractivity contribution is 7.99. The van der Waals surface area contributed by atoms with E-state index in [0.29, 0.717) is 0 Å². The average molecular weight is 814 g/mol. The first-order valence-electron chi connectivity index (χ1n) is 21.2. The van der Waals surface area contributed by atoms with Crippen molar-refractivity contribution < 1.29 is 0 Å². The number of hydrogen-bond acceptors (Lipinski definition) is 3. The summed E-state index contributed by atoms with van der Waals surface area (Å²) in [7, 11) is 0. The Bertz CT molecular complexity index is 3400. The molecule has 0 radical (unpaired) electrons. The van der Waals surface area contributed by atoms with Crippen molar-refractivity contribution in [3.63, 3.8) is 0 Å². The SMILES string of the molecule is CC1(C)c2ccccc2-c2cc(N(c3ccccc3-c3ccccc3)c3cccc4sc5cc6c(cc5c34)-c3ccccc3C63c4ccccc4Sc4ccccc43)ccc21. The second-order valence-electron chi connectivity index (χ2n) is 17.2. The fraction of sp³-hybridized carbons (Fsp3) is 0.0690. The van der Waals surface area contributed by atoms with Crippen LogP contribution < -0.4 is 4.90 Å². The Labute approximate surface area is 364 Å². The molecule has 0 unspecified atom stereocenters. The maximum Gasteiger partial charge on any atom is 0.0735 e. The third kappa shape index (κ3) is 4.79. The van der Waals surface area contributed by atoms with Crippen LogP contribution in [0.15, 0.2) is 210 Å². The molecule has 9 aromatic carbocycles. The van der Waals surface area contributed by atoms with E-state index in [2.05, 4.69) is 219 Å². The molecule has 1 aromatic heterocycles. The summed E-state index contributed by atoms with van der Waals surface area (Å²) in [6.07, 6.45) is 0. The summed E-state index contributed by atoms with van der Waals surface area (Å²) in [6.45, 7) is 4.73. The van der Waals surface area contributed by atoms with Gasteiger partial charge in [0.1, 0.15) is 0 Å². The van der Waals surface area contributed by atoms with E-state index in [1.807, 2.05) is 23.1 Å². The van der Waals surface area contributed by atoms with Gasteiger partial charge in [-0.2, -0.15) is 0 Å². The van der Waals surface area contributed by atoms with Crippen molar-refractivity contribution in [2.24, 2.45) is 0 Å². The van der Waals surface area contributed by atoms with Gasteiger partial charge in [0.2, 0.25) is 0 Å². The number of rotatable bonds is 4. The average Bonchev–Trinajstić information content (AvgIpc) is 3.90. The zero-order valence-electron chi connectivity index (χ0n) is 33.8. The fourth-order valence-corrected chi connectivity index (χ4v) is 13.5. The lowest BCUT2D eigenvalue weighted by atomic mass is 9.67. The molecule has 2 aliphatic carbocycles. The highest BCUT2D eigenvalue weighted by Crippen LogP contribution is 2.63. The predicted octanol–water partition coefficient (Wildman–Crippen LogP) is 16.3. The van der Waals surface area contributed by atoms with Gasteiger partial charge >= 0.3 is 0 Å². The van der Waals surface area contributed by atoms with Gasteiger partial charge in [-0.15, -0.1) is 11.3 Å². The summed E-state index contributed by atoms with van der Waals surface area (Å²) >= 11 is 3.82. The Hall–Kier alpha value is -6.65. The third-order valence-corrected chi connectivity index (χ3v) is 16.0. The fourth-order valence-electron chi connectivity index (χ4n) is 11.1. The van der Waals surface area contributed by atoms with Crippen molar-refractivity contribution >= 4 is 60.3 Å². The van der Waals surface area contributed by atoms with Gasteiger partial charge in [-0.25, -0.2) is 0 Å². The van der Waals surface area contributed by atoms with Crippen molar-refractivity contribution in [3.05, 3.63) is 234 Å². The standard InChI is InChI=1S/C58H39NS2/c1-57(2)44-22-9-6-20-39(44)41-33-37(31-32-45(41)57)59(50-26-13-8-19-38(50)36-17-4-3-5-18-36)51-27-16-30-54-56(51)43-34-42-40-21-7-10-23-46(40)58(49(42)35-55(43)61-54)47-24-11-14-28-52(47)60-53-29-15-12-25-48(53)58/h3-35H,1-2H3. The van der Waals surface area contributed by atoms with Crippen LogP contribution in [0.25, 0.3) is 53.6 Å². The molecule has 3 heteroatoms. The molecular formula is C58H39NS2. The predicted molar refractivity (Wildman–Crippen MR) is 258 cm³/mol. The summed E-state index contributed by atoms with van der Waals surface area (Å²) < 4.78 is 2.59. The molecule has 3 aliphatic rings. The molecule has 288 valence electrons. The van der Waals surface area contributed by atoms with Crippen LogP contribution in [0, 0.1) is 0 Å². The Kier molecular flexibility index (Phi) is 7.45. The Morgan fingerprint density at radius 1 is 0.393 bits per heavy atom. The molecule has 0 amide bonds. The van der Waals surface area contributed by atoms with Gasteiger partial charge in [0.25, 0.3) is 0 Å². The molecule has 10 aromatic rings. The minimum atomic E-state index is -0.410. The number of anilines is 3. The Morgan fingerprint density at radius 2 is 0.967 bits per heavy atom. The second kappa shape index (κ2) is 12.9. The summed E-state index contributed by atoms with van der Waals surface area (Å²) in [6, 6.07) is 75.3. The molecule has 61 heavy (non-hydrogen) atoms. The van der Waals surface area contributed by atoms with E-state index in [-0.39, 0.29) is 5.41 Å². The van der Waals surface area contributed by atoms with Crippen molar-refractivity contribution in [1.82, 2.24) is 0 Å². The minimum absolute atomic E-state index is 0.0765. The molecule has 1 nitrogen and oxygen atoms in total. The largest absolute Gasteiger partial charge is 0.309 e. The van der Waals surface area contributed by atoms with Gasteiger partial charge < -0.3 is 4.90 Å². The molecule has 1 spiro atoms. The van der Waals surface area contributed by atoms with Crippen molar-refractivity contribution in [3.8, 4) is 33.4 Å². The highest BCUT2D eigenvalue weighted by Gasteiger charge is 2.50.